The van der Waals surface area contributed by atoms with Gasteiger partial charge >= 0.3 is 18.0 Å². The van der Waals surface area contributed by atoms with Crippen molar-refractivity contribution >= 4 is 34.2 Å². The van der Waals surface area contributed by atoms with E-state index in [0.29, 0.717) is 10.4 Å². The molecule has 0 aliphatic carbocycles. The molecule has 1 aliphatic heterocycles. The van der Waals surface area contributed by atoms with Gasteiger partial charge in [-0.3, -0.25) is 4.79 Å². The first kappa shape index (κ1) is 23.5. The molecule has 1 unspecified atom stereocenters. The van der Waals surface area contributed by atoms with Crippen LogP contribution in [0.25, 0.3) is 5.76 Å². The molecule has 3 heterocycles. The summed E-state index contributed by atoms with van der Waals surface area (Å²) >= 11 is 2.14. The standard InChI is InChI=1S/C22H13F7O2S2/c23-20(24,21(25,26)22(27,28)29)18(30)14-12-19(16-9-5-11-33-16,13-6-2-1-3-7-13)31-17(14)15-8-4-10-32-15/h1-11H,12H2. The fourth-order valence-corrected chi connectivity index (χ4v) is 5.17. The Morgan fingerprint density at radius 3 is 2.03 bits per heavy atom. The number of ether oxygens (including phenoxy) is 1. The number of hydrogen-bond acceptors (Lipinski definition) is 4. The predicted octanol–water partition coefficient (Wildman–Crippen LogP) is 7.29. The zero-order valence-electron chi connectivity index (χ0n) is 16.3. The molecule has 11 heteroatoms. The third kappa shape index (κ3) is 3.67. The molecule has 33 heavy (non-hydrogen) atoms. The third-order valence-corrected chi connectivity index (χ3v) is 7.07. The van der Waals surface area contributed by atoms with E-state index in [1.165, 1.54) is 28.8 Å². The Morgan fingerprint density at radius 2 is 1.48 bits per heavy atom. The zero-order chi connectivity index (χ0) is 24.1. The van der Waals surface area contributed by atoms with Gasteiger partial charge in [-0.05, 0) is 22.9 Å². The van der Waals surface area contributed by atoms with Gasteiger partial charge in [-0.2, -0.15) is 30.7 Å². The van der Waals surface area contributed by atoms with Crippen LogP contribution in [-0.4, -0.2) is 23.8 Å². The monoisotopic (exact) mass is 506 g/mol. The van der Waals surface area contributed by atoms with Crippen LogP contribution in [0.15, 0.2) is 70.9 Å². The molecule has 0 amide bonds. The first-order chi connectivity index (χ1) is 15.4. The lowest BCUT2D eigenvalue weighted by Crippen LogP contribution is -2.56. The largest absolute Gasteiger partial charge is 0.475 e. The minimum atomic E-state index is -6.63. The van der Waals surface area contributed by atoms with Crippen LogP contribution in [0.1, 0.15) is 21.7 Å². The summed E-state index contributed by atoms with van der Waals surface area (Å²) in [5, 5.41) is 3.20. The molecule has 174 valence electrons. The Kier molecular flexibility index (Phi) is 5.68. The van der Waals surface area contributed by atoms with Gasteiger partial charge in [0.2, 0.25) is 5.78 Å². The van der Waals surface area contributed by atoms with E-state index in [-0.39, 0.29) is 4.88 Å². The van der Waals surface area contributed by atoms with E-state index < -0.39 is 47.2 Å². The SMILES string of the molecule is O=C(C1=C(c2cccs2)OC(c2ccccc2)(c2cccs2)C1)C(F)(F)C(F)(F)C(F)(F)F. The number of thiophene rings is 2. The number of rotatable bonds is 6. The first-order valence-electron chi connectivity index (χ1n) is 9.34. The molecule has 1 aromatic carbocycles. The molecule has 2 nitrogen and oxygen atoms in total. The van der Waals surface area contributed by atoms with Crippen LogP contribution in [0.4, 0.5) is 30.7 Å². The Hall–Kier alpha value is -2.66. The van der Waals surface area contributed by atoms with Crippen molar-refractivity contribution in [3.05, 3.63) is 86.2 Å². The first-order valence-corrected chi connectivity index (χ1v) is 11.1. The summed E-state index contributed by atoms with van der Waals surface area (Å²) in [6.45, 7) is 0. The summed E-state index contributed by atoms with van der Waals surface area (Å²) < 4.78 is 101. The van der Waals surface area contributed by atoms with E-state index >= 15 is 0 Å². The molecule has 0 N–H and O–H groups in total. The zero-order valence-corrected chi connectivity index (χ0v) is 18.0. The average molecular weight is 506 g/mol. The maximum atomic E-state index is 14.5. The molecule has 1 aliphatic rings. The van der Waals surface area contributed by atoms with Gasteiger partial charge in [0.05, 0.1) is 15.3 Å². The Labute approximate surface area is 190 Å². The fourth-order valence-electron chi connectivity index (χ4n) is 3.56. The number of alkyl halides is 7. The van der Waals surface area contributed by atoms with Crippen LogP contribution in [0.5, 0.6) is 0 Å². The number of hydrogen-bond donors (Lipinski definition) is 0. The van der Waals surface area contributed by atoms with Gasteiger partial charge in [0.1, 0.15) is 5.76 Å². The second-order valence-corrected chi connectivity index (χ2v) is 9.11. The molecule has 4 rings (SSSR count). The summed E-state index contributed by atoms with van der Waals surface area (Å²) in [6.07, 6.45) is -7.27. The highest BCUT2D eigenvalue weighted by Crippen LogP contribution is 2.55. The van der Waals surface area contributed by atoms with Crippen molar-refractivity contribution in [3.8, 4) is 0 Å². The Balaban J connectivity index is 1.89. The van der Waals surface area contributed by atoms with Gasteiger partial charge in [0, 0.05) is 12.0 Å². The lowest BCUT2D eigenvalue weighted by molar-refractivity contribution is -0.342. The molecule has 0 spiro atoms. The van der Waals surface area contributed by atoms with Crippen LogP contribution in [0.3, 0.4) is 0 Å². The maximum Gasteiger partial charge on any atom is 0.460 e. The lowest BCUT2D eigenvalue weighted by Gasteiger charge is -2.30. The van der Waals surface area contributed by atoms with Crippen molar-refractivity contribution in [2.24, 2.45) is 0 Å². The number of halogens is 7. The second kappa shape index (κ2) is 7.98. The van der Waals surface area contributed by atoms with Crippen LogP contribution in [0, 0.1) is 0 Å². The van der Waals surface area contributed by atoms with Crippen LogP contribution >= 0.6 is 22.7 Å². The van der Waals surface area contributed by atoms with Gasteiger partial charge in [0.15, 0.2) is 5.60 Å². The molecule has 0 saturated carbocycles. The normalized spacial score (nSPS) is 19.6. The van der Waals surface area contributed by atoms with E-state index in [9.17, 15) is 35.5 Å². The Morgan fingerprint density at radius 1 is 0.848 bits per heavy atom. The second-order valence-electron chi connectivity index (χ2n) is 7.21. The van der Waals surface area contributed by atoms with Crippen molar-refractivity contribution in [2.45, 2.75) is 30.0 Å². The number of carbonyl (C=O) groups excluding carboxylic acids is 1. The van der Waals surface area contributed by atoms with Gasteiger partial charge in [-0.25, -0.2) is 0 Å². The van der Waals surface area contributed by atoms with Crippen molar-refractivity contribution in [1.82, 2.24) is 0 Å². The molecule has 0 radical (unpaired) electrons. The van der Waals surface area contributed by atoms with E-state index in [0.717, 1.165) is 11.3 Å². The number of Topliss-reactive ketones (excluding diaryl/α,β-unsaturated/α-hetero) is 1. The minimum Gasteiger partial charge on any atom is -0.475 e. The predicted molar refractivity (Wildman–Crippen MR) is 109 cm³/mol. The highest BCUT2D eigenvalue weighted by Gasteiger charge is 2.76. The molecule has 0 saturated heterocycles. The topological polar surface area (TPSA) is 26.3 Å². The van der Waals surface area contributed by atoms with Gasteiger partial charge in [-0.15, -0.1) is 22.7 Å². The molecular weight excluding hydrogens is 493 g/mol. The fraction of sp³-hybridized carbons (Fsp3) is 0.227. The van der Waals surface area contributed by atoms with Crippen molar-refractivity contribution in [2.75, 3.05) is 0 Å². The summed E-state index contributed by atoms with van der Waals surface area (Å²) in [6, 6.07) is 14.3. The molecule has 0 bridgehead atoms. The molecule has 3 aromatic rings. The van der Waals surface area contributed by atoms with Crippen molar-refractivity contribution in [1.29, 1.82) is 0 Å². The smallest absolute Gasteiger partial charge is 0.460 e. The van der Waals surface area contributed by atoms with Gasteiger partial charge < -0.3 is 4.74 Å². The van der Waals surface area contributed by atoms with E-state index in [2.05, 4.69) is 0 Å². The quantitative estimate of drug-likeness (QED) is 0.328. The maximum absolute atomic E-state index is 14.5. The van der Waals surface area contributed by atoms with E-state index in [1.807, 2.05) is 0 Å². The van der Waals surface area contributed by atoms with Crippen molar-refractivity contribution in [3.63, 3.8) is 0 Å². The van der Waals surface area contributed by atoms with Gasteiger partial charge in [0.25, 0.3) is 0 Å². The third-order valence-electron chi connectivity index (χ3n) is 5.19. The molecule has 1 atom stereocenters. The summed E-state index contributed by atoms with van der Waals surface area (Å²) in [4.78, 5) is 13.3. The highest BCUT2D eigenvalue weighted by molar-refractivity contribution is 7.11. The summed E-state index contributed by atoms with van der Waals surface area (Å²) in [5.41, 5.74) is -2.05. The minimum absolute atomic E-state index is 0.152. The lowest BCUT2D eigenvalue weighted by atomic mass is 9.84. The molecular formula is C22H13F7O2S2. The van der Waals surface area contributed by atoms with Gasteiger partial charge in [-0.1, -0.05) is 42.5 Å². The number of ketones is 1. The van der Waals surface area contributed by atoms with Crippen LogP contribution < -0.4 is 0 Å². The molecule has 0 fully saturated rings. The molecule has 2 aromatic heterocycles. The van der Waals surface area contributed by atoms with E-state index in [4.69, 9.17) is 4.74 Å². The summed E-state index contributed by atoms with van der Waals surface area (Å²) in [5.74, 6) is -15.7. The van der Waals surface area contributed by atoms with E-state index in [1.54, 1.807) is 47.8 Å². The highest BCUT2D eigenvalue weighted by atomic mass is 32.1. The number of benzene rings is 1. The number of carbonyl (C=O) groups is 1. The summed E-state index contributed by atoms with van der Waals surface area (Å²) in [7, 11) is 0. The van der Waals surface area contributed by atoms with Crippen LogP contribution in [0.2, 0.25) is 0 Å². The Bertz CT molecular complexity index is 1170. The van der Waals surface area contributed by atoms with Crippen molar-refractivity contribution < 1.29 is 40.3 Å². The average Bonchev–Trinajstić information content (AvgIpc) is 3.53. The van der Waals surface area contributed by atoms with Crippen LogP contribution in [-0.2, 0) is 15.1 Å².